The number of hydrogen-bond donors (Lipinski definition) is 0. The Hall–Kier alpha value is -1.89. The largest absolute Gasteiger partial charge is 0.377 e. The third kappa shape index (κ3) is 4.69. The number of aromatic nitrogens is 1. The molecular formula is C21H25N3O2S. The van der Waals surface area contributed by atoms with E-state index in [0.717, 1.165) is 55.7 Å². The van der Waals surface area contributed by atoms with Crippen molar-refractivity contribution in [3.63, 3.8) is 0 Å². The molecule has 142 valence electrons. The Balaban J connectivity index is 1.38. The Morgan fingerprint density at radius 1 is 1.11 bits per heavy atom. The standard InChI is InChI=1S/C21H25N3O2S/c25-21(24-13-11-23(12-14-24)16-17-6-5-15-26-17)19-9-4-10-22-20(19)27-18-7-2-1-3-8-18/h1-4,7-10,17H,5-6,11-16H2. The molecule has 5 nitrogen and oxygen atoms in total. The van der Waals surface area contributed by atoms with E-state index in [1.165, 1.54) is 6.42 Å². The number of hydrogen-bond acceptors (Lipinski definition) is 5. The first kappa shape index (κ1) is 18.5. The highest BCUT2D eigenvalue weighted by atomic mass is 32.2. The number of nitrogens with zero attached hydrogens (tertiary/aromatic N) is 3. The topological polar surface area (TPSA) is 45.7 Å². The van der Waals surface area contributed by atoms with Crippen LogP contribution in [0.4, 0.5) is 0 Å². The van der Waals surface area contributed by atoms with E-state index in [4.69, 9.17) is 4.74 Å². The molecule has 1 aromatic carbocycles. The molecule has 2 aliphatic rings. The Labute approximate surface area is 164 Å². The number of rotatable bonds is 5. The van der Waals surface area contributed by atoms with Gasteiger partial charge in [-0.15, -0.1) is 0 Å². The van der Waals surface area contributed by atoms with E-state index in [0.29, 0.717) is 11.7 Å². The summed E-state index contributed by atoms with van der Waals surface area (Å²) in [4.78, 5) is 23.0. The molecular weight excluding hydrogens is 358 g/mol. The molecule has 3 heterocycles. The van der Waals surface area contributed by atoms with Crippen LogP contribution < -0.4 is 0 Å². The molecule has 2 saturated heterocycles. The molecule has 4 rings (SSSR count). The minimum atomic E-state index is 0.0818. The zero-order chi connectivity index (χ0) is 18.5. The van der Waals surface area contributed by atoms with Gasteiger partial charge in [0.15, 0.2) is 0 Å². The number of piperazine rings is 1. The van der Waals surface area contributed by atoms with Crippen LogP contribution in [-0.4, -0.2) is 66.1 Å². The third-order valence-electron chi connectivity index (χ3n) is 5.10. The Morgan fingerprint density at radius 3 is 2.67 bits per heavy atom. The lowest BCUT2D eigenvalue weighted by atomic mass is 10.2. The van der Waals surface area contributed by atoms with Crippen LogP contribution >= 0.6 is 11.8 Å². The number of carbonyl (C=O) groups excluding carboxylic acids is 1. The summed E-state index contributed by atoms with van der Waals surface area (Å²) in [7, 11) is 0. The molecule has 1 unspecified atom stereocenters. The second-order valence-corrected chi connectivity index (χ2v) is 8.06. The number of benzene rings is 1. The van der Waals surface area contributed by atoms with Gasteiger partial charge in [-0.3, -0.25) is 9.69 Å². The van der Waals surface area contributed by atoms with Crippen LogP contribution in [-0.2, 0) is 4.74 Å². The molecule has 1 atom stereocenters. The van der Waals surface area contributed by atoms with Crippen molar-refractivity contribution in [2.75, 3.05) is 39.3 Å². The summed E-state index contributed by atoms with van der Waals surface area (Å²) in [5.74, 6) is 0.0818. The van der Waals surface area contributed by atoms with Gasteiger partial charge in [-0.1, -0.05) is 30.0 Å². The van der Waals surface area contributed by atoms with Gasteiger partial charge in [0.25, 0.3) is 5.91 Å². The van der Waals surface area contributed by atoms with E-state index in [1.807, 2.05) is 47.4 Å². The molecule has 2 fully saturated rings. The highest BCUT2D eigenvalue weighted by Crippen LogP contribution is 2.29. The lowest BCUT2D eigenvalue weighted by Crippen LogP contribution is -2.50. The van der Waals surface area contributed by atoms with Crippen molar-refractivity contribution in [2.45, 2.75) is 28.9 Å². The molecule has 1 aromatic heterocycles. The zero-order valence-electron chi connectivity index (χ0n) is 15.4. The van der Waals surface area contributed by atoms with Crippen molar-refractivity contribution < 1.29 is 9.53 Å². The second-order valence-electron chi connectivity index (χ2n) is 7.00. The van der Waals surface area contributed by atoms with Crippen LogP contribution in [0.3, 0.4) is 0 Å². The zero-order valence-corrected chi connectivity index (χ0v) is 16.2. The first-order valence-electron chi connectivity index (χ1n) is 9.61. The Kier molecular flexibility index (Phi) is 6.07. The number of ether oxygens (including phenoxy) is 1. The van der Waals surface area contributed by atoms with Crippen molar-refractivity contribution in [1.29, 1.82) is 0 Å². The van der Waals surface area contributed by atoms with E-state index in [9.17, 15) is 4.79 Å². The summed E-state index contributed by atoms with van der Waals surface area (Å²) in [6, 6.07) is 13.8. The molecule has 0 aliphatic carbocycles. The Bertz CT molecular complexity index is 757. The van der Waals surface area contributed by atoms with Crippen molar-refractivity contribution in [3.8, 4) is 0 Å². The lowest BCUT2D eigenvalue weighted by molar-refractivity contribution is 0.0430. The summed E-state index contributed by atoms with van der Waals surface area (Å²) in [5.41, 5.74) is 0.693. The molecule has 0 saturated carbocycles. The highest BCUT2D eigenvalue weighted by molar-refractivity contribution is 7.99. The summed E-state index contributed by atoms with van der Waals surface area (Å²) in [6.07, 6.45) is 4.46. The average molecular weight is 384 g/mol. The number of amides is 1. The molecule has 2 aromatic rings. The highest BCUT2D eigenvalue weighted by Gasteiger charge is 2.26. The van der Waals surface area contributed by atoms with Crippen LogP contribution in [0.15, 0.2) is 58.6 Å². The normalized spacial score (nSPS) is 20.7. The number of pyridine rings is 1. The predicted molar refractivity (Wildman–Crippen MR) is 106 cm³/mol. The van der Waals surface area contributed by atoms with Crippen molar-refractivity contribution in [2.24, 2.45) is 0 Å². The fourth-order valence-electron chi connectivity index (χ4n) is 3.62. The van der Waals surface area contributed by atoms with Crippen LogP contribution in [0.5, 0.6) is 0 Å². The monoisotopic (exact) mass is 383 g/mol. The van der Waals surface area contributed by atoms with Gasteiger partial charge in [0.05, 0.1) is 11.7 Å². The maximum Gasteiger partial charge on any atom is 0.256 e. The van der Waals surface area contributed by atoms with E-state index < -0.39 is 0 Å². The van der Waals surface area contributed by atoms with Gasteiger partial charge >= 0.3 is 0 Å². The van der Waals surface area contributed by atoms with Crippen LogP contribution in [0.25, 0.3) is 0 Å². The quantitative estimate of drug-likeness (QED) is 0.794. The second kappa shape index (κ2) is 8.87. The summed E-state index contributed by atoms with van der Waals surface area (Å²) in [6.45, 7) is 5.22. The van der Waals surface area contributed by atoms with Crippen LogP contribution in [0, 0.1) is 0 Å². The Morgan fingerprint density at radius 2 is 1.93 bits per heavy atom. The molecule has 0 bridgehead atoms. The smallest absolute Gasteiger partial charge is 0.256 e. The summed E-state index contributed by atoms with van der Waals surface area (Å²) in [5, 5.41) is 0.774. The minimum absolute atomic E-state index is 0.0818. The average Bonchev–Trinajstić information content (AvgIpc) is 3.22. The van der Waals surface area contributed by atoms with Gasteiger partial charge in [-0.05, 0) is 37.1 Å². The number of carbonyl (C=O) groups is 1. The molecule has 1 amide bonds. The van der Waals surface area contributed by atoms with E-state index in [2.05, 4.69) is 9.88 Å². The maximum absolute atomic E-state index is 13.1. The molecule has 0 radical (unpaired) electrons. The maximum atomic E-state index is 13.1. The predicted octanol–water partition coefficient (Wildman–Crippen LogP) is 3.17. The van der Waals surface area contributed by atoms with Crippen LogP contribution in [0.1, 0.15) is 23.2 Å². The SMILES string of the molecule is O=C(c1cccnc1Sc1ccccc1)N1CCN(CC2CCCO2)CC1. The summed E-state index contributed by atoms with van der Waals surface area (Å²) >= 11 is 1.54. The first-order chi connectivity index (χ1) is 13.3. The summed E-state index contributed by atoms with van der Waals surface area (Å²) < 4.78 is 5.74. The van der Waals surface area contributed by atoms with Gasteiger partial charge in [-0.25, -0.2) is 4.98 Å². The van der Waals surface area contributed by atoms with Gasteiger partial charge in [-0.2, -0.15) is 0 Å². The van der Waals surface area contributed by atoms with Gasteiger partial charge in [0, 0.05) is 50.4 Å². The van der Waals surface area contributed by atoms with Crippen molar-refractivity contribution >= 4 is 17.7 Å². The fraction of sp³-hybridized carbons (Fsp3) is 0.429. The minimum Gasteiger partial charge on any atom is -0.377 e. The van der Waals surface area contributed by atoms with E-state index in [1.54, 1.807) is 18.0 Å². The van der Waals surface area contributed by atoms with Crippen LogP contribution in [0.2, 0.25) is 0 Å². The first-order valence-corrected chi connectivity index (χ1v) is 10.4. The lowest BCUT2D eigenvalue weighted by Gasteiger charge is -2.35. The molecule has 6 heteroatoms. The molecule has 0 N–H and O–H groups in total. The third-order valence-corrected chi connectivity index (χ3v) is 6.13. The van der Waals surface area contributed by atoms with E-state index >= 15 is 0 Å². The van der Waals surface area contributed by atoms with Crippen molar-refractivity contribution in [1.82, 2.24) is 14.8 Å². The van der Waals surface area contributed by atoms with E-state index in [-0.39, 0.29) is 5.91 Å². The van der Waals surface area contributed by atoms with Gasteiger partial charge < -0.3 is 9.64 Å². The molecule has 27 heavy (non-hydrogen) atoms. The van der Waals surface area contributed by atoms with Gasteiger partial charge in [0.2, 0.25) is 0 Å². The molecule has 0 spiro atoms. The van der Waals surface area contributed by atoms with Gasteiger partial charge in [0.1, 0.15) is 5.03 Å². The van der Waals surface area contributed by atoms with Crippen molar-refractivity contribution in [3.05, 3.63) is 54.2 Å². The fourth-order valence-corrected chi connectivity index (χ4v) is 4.51. The molecule has 2 aliphatic heterocycles.